The van der Waals surface area contributed by atoms with Crippen LogP contribution in [-0.4, -0.2) is 33.0 Å². The van der Waals surface area contributed by atoms with Gasteiger partial charge < -0.3 is 15.3 Å². The molecule has 0 amide bonds. The normalized spacial score (nSPS) is 16.0. The Morgan fingerprint density at radius 3 is 2.53 bits per heavy atom. The second-order valence-electron chi connectivity index (χ2n) is 9.36. The van der Waals surface area contributed by atoms with E-state index in [1.807, 2.05) is 25.1 Å². The molecule has 1 aromatic carbocycles. The molecule has 0 aliphatic heterocycles. The van der Waals surface area contributed by atoms with E-state index in [1.54, 1.807) is 0 Å². The molecule has 2 N–H and O–H groups in total. The van der Waals surface area contributed by atoms with Gasteiger partial charge in [-0.3, -0.25) is 4.79 Å². The van der Waals surface area contributed by atoms with Crippen molar-refractivity contribution in [2.45, 2.75) is 83.9 Å². The number of hydrogen-bond acceptors (Lipinski definition) is 6. The van der Waals surface area contributed by atoms with E-state index in [1.165, 1.54) is 6.42 Å². The van der Waals surface area contributed by atoms with Crippen LogP contribution in [0.4, 0.5) is 29.7 Å². The summed E-state index contributed by atoms with van der Waals surface area (Å²) in [4.78, 5) is 17.4. The monoisotopic (exact) mass is 498 g/mol. The van der Waals surface area contributed by atoms with Crippen molar-refractivity contribution in [3.63, 3.8) is 0 Å². The number of aromatic nitrogens is 2. The van der Waals surface area contributed by atoms with Crippen LogP contribution < -0.4 is 10.2 Å². The molecule has 34 heavy (non-hydrogen) atoms. The van der Waals surface area contributed by atoms with E-state index in [0.29, 0.717) is 35.6 Å². The van der Waals surface area contributed by atoms with Gasteiger partial charge in [-0.05, 0) is 48.8 Å². The molecule has 0 saturated heterocycles. The van der Waals surface area contributed by atoms with Gasteiger partial charge in [0.2, 0.25) is 11.0 Å². The Bertz CT molecular complexity index is 958. The fourth-order valence-electron chi connectivity index (χ4n) is 4.60. The van der Waals surface area contributed by atoms with Crippen molar-refractivity contribution in [2.24, 2.45) is 5.92 Å². The number of rotatable bonds is 10. The van der Waals surface area contributed by atoms with Gasteiger partial charge in [0.1, 0.15) is 0 Å². The highest BCUT2D eigenvalue weighted by Crippen LogP contribution is 2.39. The summed E-state index contributed by atoms with van der Waals surface area (Å²) in [5.41, 5.74) is 2.38. The number of carboxylic acids is 1. The molecule has 10 heteroatoms. The summed E-state index contributed by atoms with van der Waals surface area (Å²) in [6, 6.07) is 6.15. The van der Waals surface area contributed by atoms with Crippen molar-refractivity contribution in [2.75, 3.05) is 16.8 Å². The topological polar surface area (TPSA) is 78.4 Å². The predicted molar refractivity (Wildman–Crippen MR) is 129 cm³/mol. The first-order valence-electron chi connectivity index (χ1n) is 11.9. The van der Waals surface area contributed by atoms with Gasteiger partial charge in [0, 0.05) is 24.1 Å². The molecule has 2 aromatic rings. The molecule has 1 fully saturated rings. The Balaban J connectivity index is 2.03. The lowest BCUT2D eigenvalue weighted by atomic mass is 9.90. The molecule has 1 aliphatic rings. The molecular formula is C24H33F3N4O2S. The molecule has 1 saturated carbocycles. The number of anilines is 3. The molecule has 1 aliphatic carbocycles. The van der Waals surface area contributed by atoms with E-state index in [2.05, 4.69) is 33.4 Å². The highest BCUT2D eigenvalue weighted by atomic mass is 32.1. The molecule has 188 valence electrons. The van der Waals surface area contributed by atoms with Crippen LogP contribution in [0.15, 0.2) is 18.2 Å². The Hall–Kier alpha value is -2.36. The lowest BCUT2D eigenvalue weighted by molar-refractivity contribution is -0.144. The van der Waals surface area contributed by atoms with Crippen LogP contribution in [0.3, 0.4) is 0 Å². The van der Waals surface area contributed by atoms with Crippen LogP contribution in [0.25, 0.3) is 0 Å². The first kappa shape index (κ1) is 26.2. The third kappa shape index (κ3) is 6.84. The third-order valence-electron chi connectivity index (χ3n) is 6.21. The van der Waals surface area contributed by atoms with E-state index in [0.717, 1.165) is 43.5 Å². The van der Waals surface area contributed by atoms with Crippen molar-refractivity contribution < 1.29 is 23.1 Å². The lowest BCUT2D eigenvalue weighted by Crippen LogP contribution is -2.39. The maximum absolute atomic E-state index is 13.1. The Kier molecular flexibility index (Phi) is 8.78. The predicted octanol–water partition coefficient (Wildman–Crippen LogP) is 7.06. The van der Waals surface area contributed by atoms with Crippen LogP contribution in [0.1, 0.15) is 83.0 Å². The summed E-state index contributed by atoms with van der Waals surface area (Å²) >= 11 is 0.667. The number of carboxylic acid groups (broad SMARTS) is 1. The minimum absolute atomic E-state index is 0.00928. The van der Waals surface area contributed by atoms with Gasteiger partial charge in [-0.25, -0.2) is 0 Å². The second kappa shape index (κ2) is 11.4. The maximum atomic E-state index is 13.1. The van der Waals surface area contributed by atoms with Gasteiger partial charge in [0.15, 0.2) is 0 Å². The number of alkyl halides is 3. The number of halogens is 3. The van der Waals surface area contributed by atoms with E-state index < -0.39 is 18.0 Å². The molecule has 1 unspecified atom stereocenters. The summed E-state index contributed by atoms with van der Waals surface area (Å²) < 4.78 is 42.6. The fourth-order valence-corrected chi connectivity index (χ4v) is 5.20. The minimum atomic E-state index is -4.61. The molecule has 6 nitrogen and oxygen atoms in total. The zero-order valence-electron chi connectivity index (χ0n) is 19.9. The third-order valence-corrected chi connectivity index (χ3v) is 6.84. The van der Waals surface area contributed by atoms with Gasteiger partial charge in [-0.1, -0.05) is 46.1 Å². The fraction of sp³-hybridized carbons (Fsp3) is 0.625. The highest BCUT2D eigenvalue weighted by molar-refractivity contribution is 7.09. The van der Waals surface area contributed by atoms with Crippen molar-refractivity contribution >= 4 is 34.0 Å². The molecule has 1 heterocycles. The molecule has 0 spiro atoms. The van der Waals surface area contributed by atoms with Gasteiger partial charge in [-0.2, -0.15) is 22.5 Å². The minimum Gasteiger partial charge on any atom is -0.481 e. The molecule has 0 radical (unpaired) electrons. The molecular weight excluding hydrogens is 465 g/mol. The van der Waals surface area contributed by atoms with E-state index >= 15 is 0 Å². The van der Waals surface area contributed by atoms with Crippen molar-refractivity contribution in [3.05, 3.63) is 29.6 Å². The van der Waals surface area contributed by atoms with Gasteiger partial charge >= 0.3 is 12.1 Å². The number of hydrogen-bond donors (Lipinski definition) is 2. The summed E-state index contributed by atoms with van der Waals surface area (Å²) in [5.74, 6) is -1.85. The summed E-state index contributed by atoms with van der Waals surface area (Å²) in [5, 5.41) is 12.5. The zero-order chi connectivity index (χ0) is 24.9. The van der Waals surface area contributed by atoms with Crippen LogP contribution in [-0.2, 0) is 11.0 Å². The molecule has 0 bridgehead atoms. The first-order valence-corrected chi connectivity index (χ1v) is 12.7. The molecule has 1 atom stereocenters. The molecule has 1 aromatic heterocycles. The van der Waals surface area contributed by atoms with E-state index in [4.69, 9.17) is 0 Å². The SMILES string of the molecule is CCC(CC(=O)O)c1ccc(N(CC(C)C)C2CCCCC2)c(Nc2nc(C(F)(F)F)ns2)c1. The summed E-state index contributed by atoms with van der Waals surface area (Å²) in [7, 11) is 0. The standard InChI is InChI=1S/C24H33F3N4O2S/c1-4-16(13-21(32)33)17-10-11-20(31(14-15(2)3)18-8-6-5-7-9-18)19(12-17)28-23-29-22(30-34-23)24(25,26)27/h10-12,15-16,18H,4-9,13-14H2,1-3H3,(H,32,33)(H,28,29,30). The second-order valence-corrected chi connectivity index (χ2v) is 10.1. The van der Waals surface area contributed by atoms with Gasteiger partial charge in [0.05, 0.1) is 17.8 Å². The van der Waals surface area contributed by atoms with E-state index in [-0.39, 0.29) is 17.5 Å². The average molecular weight is 499 g/mol. The Morgan fingerprint density at radius 2 is 1.97 bits per heavy atom. The van der Waals surface area contributed by atoms with Gasteiger partial charge in [0.25, 0.3) is 0 Å². The number of nitrogens with one attached hydrogen (secondary N) is 1. The number of carbonyl (C=O) groups is 1. The highest BCUT2D eigenvalue weighted by Gasteiger charge is 2.36. The maximum Gasteiger partial charge on any atom is 0.452 e. The van der Waals surface area contributed by atoms with Crippen LogP contribution in [0, 0.1) is 5.92 Å². The summed E-state index contributed by atoms with van der Waals surface area (Å²) in [6.07, 6.45) is 1.69. The quantitative estimate of drug-likeness (QED) is 0.365. The average Bonchev–Trinajstić information content (AvgIpc) is 3.25. The Labute approximate surface area is 202 Å². The number of aliphatic carboxylic acids is 1. The first-order chi connectivity index (χ1) is 16.1. The van der Waals surface area contributed by atoms with Gasteiger partial charge in [-0.15, -0.1) is 0 Å². The lowest BCUT2D eigenvalue weighted by Gasteiger charge is -2.38. The zero-order valence-corrected chi connectivity index (χ0v) is 20.7. The number of nitrogens with zero attached hydrogens (tertiary/aromatic N) is 3. The number of benzene rings is 1. The van der Waals surface area contributed by atoms with Crippen molar-refractivity contribution in [3.8, 4) is 0 Å². The van der Waals surface area contributed by atoms with Crippen molar-refractivity contribution in [1.29, 1.82) is 0 Å². The van der Waals surface area contributed by atoms with Crippen LogP contribution in [0.5, 0.6) is 0 Å². The largest absolute Gasteiger partial charge is 0.481 e. The van der Waals surface area contributed by atoms with Crippen LogP contribution >= 0.6 is 11.5 Å². The molecule has 3 rings (SSSR count). The van der Waals surface area contributed by atoms with E-state index in [9.17, 15) is 23.1 Å². The van der Waals surface area contributed by atoms with Crippen molar-refractivity contribution in [1.82, 2.24) is 9.36 Å². The summed E-state index contributed by atoms with van der Waals surface area (Å²) in [6.45, 7) is 7.05. The van der Waals surface area contributed by atoms with Crippen LogP contribution in [0.2, 0.25) is 0 Å². The Morgan fingerprint density at radius 1 is 1.26 bits per heavy atom. The smallest absolute Gasteiger partial charge is 0.452 e.